The summed E-state index contributed by atoms with van der Waals surface area (Å²) in [6.07, 6.45) is 0.949. The van der Waals surface area contributed by atoms with Gasteiger partial charge in [0.15, 0.2) is 0 Å². The summed E-state index contributed by atoms with van der Waals surface area (Å²) in [6.45, 7) is 2.53. The molecule has 0 radical (unpaired) electrons. The third kappa shape index (κ3) is 3.26. The zero-order valence-electron chi connectivity index (χ0n) is 9.38. The number of nitrogens with one attached hydrogen (secondary N) is 1. The van der Waals surface area contributed by atoms with E-state index in [0.717, 1.165) is 25.1 Å². The average molecular weight is 301 g/mol. The minimum atomic E-state index is -0.274. The summed E-state index contributed by atoms with van der Waals surface area (Å²) in [5.74, 6) is -0.178. The molecule has 1 fully saturated rings. The van der Waals surface area contributed by atoms with E-state index in [1.807, 2.05) is 0 Å². The molecule has 1 saturated heterocycles. The molecule has 1 aliphatic rings. The fourth-order valence-corrected chi connectivity index (χ4v) is 2.33. The van der Waals surface area contributed by atoms with Crippen LogP contribution in [0.25, 0.3) is 0 Å². The highest BCUT2D eigenvalue weighted by atomic mass is 79.9. The first-order valence-corrected chi connectivity index (χ1v) is 6.38. The van der Waals surface area contributed by atoms with Crippen LogP contribution in [0.3, 0.4) is 0 Å². The number of amides is 1. The Labute approximate surface area is 108 Å². The average Bonchev–Trinajstić information content (AvgIpc) is 2.48. The molecule has 0 unspecified atom stereocenters. The molecular weight excluding hydrogens is 287 g/mol. The predicted molar refractivity (Wildman–Crippen MR) is 67.0 cm³/mol. The van der Waals surface area contributed by atoms with E-state index in [1.165, 1.54) is 12.1 Å². The van der Waals surface area contributed by atoms with Crippen LogP contribution < -0.4 is 5.32 Å². The molecule has 1 amide bonds. The van der Waals surface area contributed by atoms with Crippen LogP contribution in [-0.4, -0.2) is 30.4 Å². The Hall–Kier alpha value is -0.940. The second-order valence-corrected chi connectivity index (χ2v) is 4.94. The molecule has 1 heterocycles. The molecule has 0 aromatic heterocycles. The molecule has 0 bridgehead atoms. The van der Waals surface area contributed by atoms with Crippen molar-refractivity contribution in [3.63, 3.8) is 0 Å². The third-order valence-electron chi connectivity index (χ3n) is 2.79. The van der Waals surface area contributed by atoms with Gasteiger partial charge in [0.1, 0.15) is 5.82 Å². The van der Waals surface area contributed by atoms with Gasteiger partial charge in [-0.05, 0) is 30.7 Å². The van der Waals surface area contributed by atoms with Crippen LogP contribution in [0, 0.1) is 5.82 Å². The number of carbonyl (C=O) groups excluding carboxylic acids is 1. The van der Waals surface area contributed by atoms with Crippen molar-refractivity contribution in [3.8, 4) is 0 Å². The van der Waals surface area contributed by atoms with E-state index in [9.17, 15) is 9.18 Å². The van der Waals surface area contributed by atoms with E-state index >= 15 is 0 Å². The van der Waals surface area contributed by atoms with E-state index in [4.69, 9.17) is 0 Å². The smallest absolute Gasteiger partial charge is 0.236 e. The zero-order chi connectivity index (χ0) is 12.3. The topological polar surface area (TPSA) is 32.3 Å². The summed E-state index contributed by atoms with van der Waals surface area (Å²) in [5.41, 5.74) is 0.932. The van der Waals surface area contributed by atoms with Gasteiger partial charge in [-0.15, -0.1) is 0 Å². The first-order valence-electron chi connectivity index (χ1n) is 5.59. The number of nitrogens with zero attached hydrogens (tertiary/aromatic N) is 1. The Kier molecular flexibility index (Phi) is 4.12. The summed E-state index contributed by atoms with van der Waals surface area (Å²) >= 11 is 3.32. The maximum atomic E-state index is 12.9. The molecule has 1 N–H and O–H groups in total. The Bertz CT molecular complexity index is 425. The summed E-state index contributed by atoms with van der Waals surface area (Å²) in [7, 11) is 0. The molecule has 2 rings (SSSR count). The molecular formula is C12H14BrFN2O. The third-order valence-corrected chi connectivity index (χ3v) is 3.53. The summed E-state index contributed by atoms with van der Waals surface area (Å²) in [5, 5.41) is 3.07. The highest BCUT2D eigenvalue weighted by Gasteiger charge is 2.17. The summed E-state index contributed by atoms with van der Waals surface area (Å²) < 4.78 is 13.7. The van der Waals surface area contributed by atoms with Gasteiger partial charge in [0, 0.05) is 17.6 Å². The van der Waals surface area contributed by atoms with Crippen molar-refractivity contribution >= 4 is 21.8 Å². The van der Waals surface area contributed by atoms with Crippen LogP contribution in [0.2, 0.25) is 0 Å². The van der Waals surface area contributed by atoms with Crippen molar-refractivity contribution in [2.75, 3.05) is 19.6 Å². The van der Waals surface area contributed by atoms with Gasteiger partial charge in [-0.25, -0.2) is 4.39 Å². The fraction of sp³-hybridized carbons (Fsp3) is 0.417. The maximum absolute atomic E-state index is 12.9. The lowest BCUT2D eigenvalue weighted by Crippen LogP contribution is -2.34. The molecule has 17 heavy (non-hydrogen) atoms. The number of carbonyl (C=O) groups is 1. The Balaban J connectivity index is 2.10. The Morgan fingerprint density at radius 3 is 3.06 bits per heavy atom. The molecule has 0 spiro atoms. The summed E-state index contributed by atoms with van der Waals surface area (Å²) in [4.78, 5) is 13.6. The molecule has 92 valence electrons. The van der Waals surface area contributed by atoms with Gasteiger partial charge in [0.25, 0.3) is 0 Å². The van der Waals surface area contributed by atoms with E-state index in [-0.39, 0.29) is 11.7 Å². The van der Waals surface area contributed by atoms with Gasteiger partial charge < -0.3 is 10.2 Å². The number of halogens is 2. The van der Waals surface area contributed by atoms with E-state index < -0.39 is 0 Å². The number of rotatable bonds is 2. The molecule has 5 heteroatoms. The van der Waals surface area contributed by atoms with E-state index in [2.05, 4.69) is 21.2 Å². The molecule has 1 aromatic carbocycles. The minimum Gasteiger partial charge on any atom is -0.337 e. The first kappa shape index (κ1) is 12.5. The largest absolute Gasteiger partial charge is 0.337 e. The second-order valence-electron chi connectivity index (χ2n) is 4.08. The molecule has 1 aromatic rings. The molecule has 3 nitrogen and oxygen atoms in total. The maximum Gasteiger partial charge on any atom is 0.236 e. The standard InChI is InChI=1S/C12H14BrFN2O/c13-11-6-10(14)3-2-9(11)8-16-5-1-4-15-7-12(16)17/h2-3,6,15H,1,4-5,7-8H2. The van der Waals surface area contributed by atoms with Gasteiger partial charge in [-0.1, -0.05) is 22.0 Å². The van der Waals surface area contributed by atoms with Crippen molar-refractivity contribution < 1.29 is 9.18 Å². The van der Waals surface area contributed by atoms with Gasteiger partial charge in [0.2, 0.25) is 5.91 Å². The van der Waals surface area contributed by atoms with E-state index in [1.54, 1.807) is 11.0 Å². The van der Waals surface area contributed by atoms with Crippen LogP contribution >= 0.6 is 15.9 Å². The molecule has 0 aliphatic carbocycles. The van der Waals surface area contributed by atoms with Gasteiger partial charge >= 0.3 is 0 Å². The lowest BCUT2D eigenvalue weighted by molar-refractivity contribution is -0.130. The van der Waals surface area contributed by atoms with Crippen molar-refractivity contribution in [2.24, 2.45) is 0 Å². The zero-order valence-corrected chi connectivity index (χ0v) is 11.0. The normalized spacial score (nSPS) is 17.1. The van der Waals surface area contributed by atoms with Crippen LogP contribution in [-0.2, 0) is 11.3 Å². The van der Waals surface area contributed by atoms with Crippen LogP contribution in [0.1, 0.15) is 12.0 Å². The molecule has 0 saturated carbocycles. The Morgan fingerprint density at radius 2 is 2.29 bits per heavy atom. The van der Waals surface area contributed by atoms with Gasteiger partial charge in [-0.3, -0.25) is 4.79 Å². The second kappa shape index (κ2) is 5.60. The Morgan fingerprint density at radius 1 is 1.47 bits per heavy atom. The van der Waals surface area contributed by atoms with Crippen molar-refractivity contribution in [1.82, 2.24) is 10.2 Å². The predicted octanol–water partition coefficient (Wildman–Crippen LogP) is 1.91. The van der Waals surface area contributed by atoms with E-state index in [0.29, 0.717) is 17.6 Å². The quantitative estimate of drug-likeness (QED) is 0.905. The van der Waals surface area contributed by atoms with Crippen molar-refractivity contribution in [3.05, 3.63) is 34.1 Å². The van der Waals surface area contributed by atoms with Crippen molar-refractivity contribution in [2.45, 2.75) is 13.0 Å². The van der Waals surface area contributed by atoms with Gasteiger partial charge in [-0.2, -0.15) is 0 Å². The van der Waals surface area contributed by atoms with Gasteiger partial charge in [0.05, 0.1) is 6.54 Å². The highest BCUT2D eigenvalue weighted by Crippen LogP contribution is 2.20. The number of benzene rings is 1. The monoisotopic (exact) mass is 300 g/mol. The number of hydrogen-bond donors (Lipinski definition) is 1. The van der Waals surface area contributed by atoms with Crippen molar-refractivity contribution in [1.29, 1.82) is 0 Å². The fourth-order valence-electron chi connectivity index (χ4n) is 1.85. The lowest BCUT2D eigenvalue weighted by Gasteiger charge is -2.20. The highest BCUT2D eigenvalue weighted by molar-refractivity contribution is 9.10. The molecule has 1 aliphatic heterocycles. The first-order chi connectivity index (χ1) is 8.16. The minimum absolute atomic E-state index is 0.0960. The molecule has 0 atom stereocenters. The van der Waals surface area contributed by atoms with Crippen LogP contribution in [0.15, 0.2) is 22.7 Å². The number of hydrogen-bond acceptors (Lipinski definition) is 2. The van der Waals surface area contributed by atoms with Crippen LogP contribution in [0.4, 0.5) is 4.39 Å². The SMILES string of the molecule is O=C1CNCCCN1Cc1ccc(F)cc1Br. The lowest BCUT2D eigenvalue weighted by atomic mass is 10.2. The summed E-state index contributed by atoms with van der Waals surface area (Å²) in [6, 6.07) is 4.56. The van der Waals surface area contributed by atoms with Crippen LogP contribution in [0.5, 0.6) is 0 Å².